The third-order valence-electron chi connectivity index (χ3n) is 4.93. The lowest BCUT2D eigenvalue weighted by Crippen LogP contribution is -2.35. The third-order valence-corrected chi connectivity index (χ3v) is 4.93. The van der Waals surface area contributed by atoms with E-state index in [0.717, 1.165) is 17.7 Å². The zero-order valence-electron chi connectivity index (χ0n) is 16.0. The van der Waals surface area contributed by atoms with Crippen molar-refractivity contribution in [1.29, 1.82) is 0 Å². The Morgan fingerprint density at radius 1 is 1.07 bits per heavy atom. The summed E-state index contributed by atoms with van der Waals surface area (Å²) in [6, 6.07) is 18.4. The maximum atomic E-state index is 12.4. The topological polar surface area (TPSA) is 52.6 Å². The van der Waals surface area contributed by atoms with Crippen molar-refractivity contribution in [3.05, 3.63) is 60.2 Å². The van der Waals surface area contributed by atoms with E-state index in [9.17, 15) is 9.59 Å². The van der Waals surface area contributed by atoms with Crippen molar-refractivity contribution in [2.75, 3.05) is 33.7 Å². The van der Waals surface area contributed by atoms with Crippen LogP contribution in [0.1, 0.15) is 12.0 Å². The Labute approximate surface area is 161 Å². The van der Waals surface area contributed by atoms with Crippen LogP contribution in [0.5, 0.6) is 0 Å². The second-order valence-electron chi connectivity index (χ2n) is 7.32. The molecule has 1 saturated heterocycles. The van der Waals surface area contributed by atoms with Crippen LogP contribution in [0, 0.1) is 5.92 Å². The van der Waals surface area contributed by atoms with E-state index in [4.69, 9.17) is 0 Å². The summed E-state index contributed by atoms with van der Waals surface area (Å²) in [5, 5.41) is 2.98. The molecule has 0 spiro atoms. The lowest BCUT2D eigenvalue weighted by atomic mass is 10.0. The van der Waals surface area contributed by atoms with Crippen molar-refractivity contribution >= 4 is 11.8 Å². The number of hydrogen-bond donors (Lipinski definition) is 1. The molecule has 0 saturated carbocycles. The van der Waals surface area contributed by atoms with Crippen LogP contribution < -0.4 is 5.32 Å². The molecule has 5 heteroatoms. The highest BCUT2D eigenvalue weighted by Gasteiger charge is 2.33. The Balaban J connectivity index is 1.50. The summed E-state index contributed by atoms with van der Waals surface area (Å²) in [5.74, 6) is -0.213. The Bertz CT molecular complexity index is 772. The maximum absolute atomic E-state index is 12.4. The first-order valence-corrected chi connectivity index (χ1v) is 9.37. The average molecular weight is 365 g/mol. The second kappa shape index (κ2) is 8.82. The molecule has 2 aromatic rings. The Morgan fingerprint density at radius 3 is 2.41 bits per heavy atom. The Kier molecular flexibility index (Phi) is 6.24. The van der Waals surface area contributed by atoms with Gasteiger partial charge in [0.1, 0.15) is 0 Å². The van der Waals surface area contributed by atoms with Crippen molar-refractivity contribution in [3.63, 3.8) is 0 Å². The average Bonchev–Trinajstić information content (AvgIpc) is 3.06. The number of nitrogens with zero attached hydrogens (tertiary/aromatic N) is 2. The predicted octanol–water partition coefficient (Wildman–Crippen LogP) is 2.38. The van der Waals surface area contributed by atoms with Crippen LogP contribution in [-0.4, -0.2) is 55.3 Å². The predicted molar refractivity (Wildman–Crippen MR) is 107 cm³/mol. The fraction of sp³-hybridized carbons (Fsp3) is 0.364. The minimum Gasteiger partial charge on any atom is -0.352 e. The standard InChI is InChI=1S/C22H27N3O2/c1-24(2)12-13-25-16-20(14-21(25)26)22(27)23-15-17-8-10-19(11-9-17)18-6-4-3-5-7-18/h3-11,20H,12-16H2,1-2H3,(H,23,27). The van der Waals surface area contributed by atoms with Gasteiger partial charge in [-0.15, -0.1) is 0 Å². The first-order valence-electron chi connectivity index (χ1n) is 9.37. The number of likely N-dealkylation sites (tertiary alicyclic amines) is 1. The van der Waals surface area contributed by atoms with Crippen LogP contribution in [0.15, 0.2) is 54.6 Å². The van der Waals surface area contributed by atoms with Gasteiger partial charge in [-0.1, -0.05) is 54.6 Å². The van der Waals surface area contributed by atoms with Crippen molar-refractivity contribution in [2.24, 2.45) is 5.92 Å². The van der Waals surface area contributed by atoms with Gasteiger partial charge in [0.05, 0.1) is 5.92 Å². The number of hydrogen-bond acceptors (Lipinski definition) is 3. The smallest absolute Gasteiger partial charge is 0.225 e. The normalized spacial score (nSPS) is 16.8. The number of amides is 2. The van der Waals surface area contributed by atoms with E-state index < -0.39 is 0 Å². The van der Waals surface area contributed by atoms with Gasteiger partial charge < -0.3 is 15.1 Å². The Morgan fingerprint density at radius 2 is 1.74 bits per heavy atom. The van der Waals surface area contributed by atoms with E-state index in [1.54, 1.807) is 4.90 Å². The molecular weight excluding hydrogens is 338 g/mol. The number of likely N-dealkylation sites (N-methyl/N-ethyl adjacent to an activating group) is 1. The van der Waals surface area contributed by atoms with Crippen molar-refractivity contribution in [1.82, 2.24) is 15.1 Å². The van der Waals surface area contributed by atoms with Gasteiger partial charge in [0.15, 0.2) is 0 Å². The van der Waals surface area contributed by atoms with Gasteiger partial charge in [0.25, 0.3) is 0 Å². The minimum absolute atomic E-state index is 0.0390. The van der Waals surface area contributed by atoms with E-state index >= 15 is 0 Å². The molecule has 1 atom stereocenters. The first kappa shape index (κ1) is 19.1. The molecule has 3 rings (SSSR count). The molecule has 0 radical (unpaired) electrons. The van der Waals surface area contributed by atoms with Gasteiger partial charge in [-0.2, -0.15) is 0 Å². The summed E-state index contributed by atoms with van der Waals surface area (Å²) >= 11 is 0. The van der Waals surface area contributed by atoms with Crippen LogP contribution in [-0.2, 0) is 16.1 Å². The molecule has 142 valence electrons. The third kappa shape index (κ3) is 5.17. The van der Waals surface area contributed by atoms with E-state index in [1.165, 1.54) is 5.56 Å². The fourth-order valence-electron chi connectivity index (χ4n) is 3.26. The van der Waals surface area contributed by atoms with E-state index in [-0.39, 0.29) is 17.7 Å². The number of rotatable bonds is 7. The number of carbonyl (C=O) groups is 2. The van der Waals surface area contributed by atoms with Gasteiger partial charge in [-0.25, -0.2) is 0 Å². The Hall–Kier alpha value is -2.66. The van der Waals surface area contributed by atoms with E-state index in [0.29, 0.717) is 26.1 Å². The van der Waals surface area contributed by atoms with E-state index in [2.05, 4.69) is 29.6 Å². The largest absolute Gasteiger partial charge is 0.352 e. The molecule has 1 aliphatic rings. The van der Waals surface area contributed by atoms with Gasteiger partial charge in [-0.3, -0.25) is 9.59 Å². The molecule has 0 aromatic heterocycles. The lowest BCUT2D eigenvalue weighted by Gasteiger charge is -2.19. The molecule has 1 aliphatic heterocycles. The molecule has 0 aliphatic carbocycles. The molecule has 27 heavy (non-hydrogen) atoms. The summed E-state index contributed by atoms with van der Waals surface area (Å²) in [5.41, 5.74) is 3.38. The molecule has 0 bridgehead atoms. The molecule has 1 fully saturated rings. The summed E-state index contributed by atoms with van der Waals surface area (Å²) in [4.78, 5) is 28.3. The van der Waals surface area contributed by atoms with E-state index in [1.807, 2.05) is 49.3 Å². The molecule has 1 heterocycles. The minimum atomic E-state index is -0.247. The highest BCUT2D eigenvalue weighted by molar-refractivity contribution is 5.89. The molecule has 5 nitrogen and oxygen atoms in total. The van der Waals surface area contributed by atoms with Gasteiger partial charge in [0, 0.05) is 32.6 Å². The van der Waals surface area contributed by atoms with Crippen LogP contribution in [0.4, 0.5) is 0 Å². The van der Waals surface area contributed by atoms with Crippen LogP contribution in [0.2, 0.25) is 0 Å². The van der Waals surface area contributed by atoms with Crippen LogP contribution in [0.3, 0.4) is 0 Å². The van der Waals surface area contributed by atoms with Crippen molar-refractivity contribution < 1.29 is 9.59 Å². The SMILES string of the molecule is CN(C)CCN1CC(C(=O)NCc2ccc(-c3ccccc3)cc2)CC1=O. The van der Waals surface area contributed by atoms with Gasteiger partial charge in [0.2, 0.25) is 11.8 Å². The molecule has 2 aromatic carbocycles. The van der Waals surface area contributed by atoms with Crippen molar-refractivity contribution in [2.45, 2.75) is 13.0 Å². The molecule has 1 unspecified atom stereocenters. The summed E-state index contributed by atoms with van der Waals surface area (Å²) in [6.07, 6.45) is 0.312. The number of carbonyl (C=O) groups excluding carboxylic acids is 2. The van der Waals surface area contributed by atoms with Crippen molar-refractivity contribution in [3.8, 4) is 11.1 Å². The van der Waals surface area contributed by atoms with Crippen LogP contribution >= 0.6 is 0 Å². The maximum Gasteiger partial charge on any atom is 0.225 e. The lowest BCUT2D eigenvalue weighted by molar-refractivity contribution is -0.129. The van der Waals surface area contributed by atoms with Gasteiger partial charge >= 0.3 is 0 Å². The van der Waals surface area contributed by atoms with Crippen LogP contribution in [0.25, 0.3) is 11.1 Å². The zero-order chi connectivity index (χ0) is 19.2. The monoisotopic (exact) mass is 365 g/mol. The summed E-state index contributed by atoms with van der Waals surface area (Å²) in [7, 11) is 3.96. The summed E-state index contributed by atoms with van der Waals surface area (Å²) in [6.45, 7) is 2.49. The molecule has 2 amide bonds. The number of nitrogens with one attached hydrogen (secondary N) is 1. The zero-order valence-corrected chi connectivity index (χ0v) is 16.0. The quantitative estimate of drug-likeness (QED) is 0.820. The molecular formula is C22H27N3O2. The first-order chi connectivity index (χ1) is 13.0. The highest BCUT2D eigenvalue weighted by atomic mass is 16.2. The number of benzene rings is 2. The fourth-order valence-corrected chi connectivity index (χ4v) is 3.26. The van der Waals surface area contributed by atoms with Gasteiger partial charge in [-0.05, 0) is 30.8 Å². The summed E-state index contributed by atoms with van der Waals surface area (Å²) < 4.78 is 0. The molecule has 1 N–H and O–H groups in total. The highest BCUT2D eigenvalue weighted by Crippen LogP contribution is 2.20. The second-order valence-corrected chi connectivity index (χ2v) is 7.32.